The SMILES string of the molecule is Cc1cc(C)cc(-c2cc3nc(C)cc(N4CCC(C(=O)NCc5ccccc5Cl)CC4)n3n2)c1. The number of aromatic nitrogens is 3. The zero-order valence-corrected chi connectivity index (χ0v) is 21.1. The van der Waals surface area contributed by atoms with Crippen molar-refractivity contribution in [1.29, 1.82) is 0 Å². The molecule has 2 aromatic heterocycles. The van der Waals surface area contributed by atoms with Crippen molar-refractivity contribution >= 4 is 29.0 Å². The Morgan fingerprint density at radius 1 is 1.03 bits per heavy atom. The number of carbonyl (C=O) groups excluding carboxylic acids is 1. The van der Waals surface area contributed by atoms with Crippen LogP contribution in [-0.2, 0) is 11.3 Å². The number of hydrogen-bond donors (Lipinski definition) is 1. The predicted octanol–water partition coefficient (Wildman–Crippen LogP) is 5.51. The summed E-state index contributed by atoms with van der Waals surface area (Å²) in [7, 11) is 0. The van der Waals surface area contributed by atoms with Crippen molar-refractivity contribution in [3.8, 4) is 11.3 Å². The minimum Gasteiger partial charge on any atom is -0.356 e. The Labute approximate surface area is 210 Å². The zero-order valence-electron chi connectivity index (χ0n) is 20.4. The van der Waals surface area contributed by atoms with Gasteiger partial charge in [0, 0.05) is 54.0 Å². The van der Waals surface area contributed by atoms with Crippen molar-refractivity contribution < 1.29 is 4.79 Å². The third-order valence-corrected chi connectivity index (χ3v) is 7.02. The fraction of sp³-hybridized carbons (Fsp3) is 0.321. The number of amides is 1. The first kappa shape index (κ1) is 23.4. The largest absolute Gasteiger partial charge is 0.356 e. The van der Waals surface area contributed by atoms with E-state index in [9.17, 15) is 4.79 Å². The Morgan fingerprint density at radius 3 is 2.46 bits per heavy atom. The van der Waals surface area contributed by atoms with Crippen LogP contribution in [0.15, 0.2) is 54.6 Å². The van der Waals surface area contributed by atoms with Gasteiger partial charge in [0.1, 0.15) is 5.82 Å². The fourth-order valence-electron chi connectivity index (χ4n) is 4.91. The number of hydrogen-bond acceptors (Lipinski definition) is 4. The first-order chi connectivity index (χ1) is 16.9. The van der Waals surface area contributed by atoms with E-state index in [0.717, 1.165) is 59.9 Å². The lowest BCUT2D eigenvalue weighted by Crippen LogP contribution is -2.41. The molecular formula is C28H30ClN5O. The van der Waals surface area contributed by atoms with Crippen LogP contribution < -0.4 is 10.2 Å². The Kier molecular flexibility index (Phi) is 6.48. The highest BCUT2D eigenvalue weighted by Gasteiger charge is 2.26. The maximum absolute atomic E-state index is 12.8. The van der Waals surface area contributed by atoms with Crippen LogP contribution in [0.5, 0.6) is 0 Å². The smallest absolute Gasteiger partial charge is 0.223 e. The molecule has 5 rings (SSSR count). The molecule has 35 heavy (non-hydrogen) atoms. The van der Waals surface area contributed by atoms with Gasteiger partial charge in [-0.05, 0) is 57.4 Å². The standard InChI is InChI=1S/C28H30ClN5O/c1-18-12-19(2)14-23(13-18)25-16-26-31-20(3)15-27(34(26)32-25)33-10-8-21(9-11-33)28(35)30-17-22-6-4-5-7-24(22)29/h4-7,12-16,21H,8-11,17H2,1-3H3,(H,30,35). The number of aryl methyl sites for hydroxylation is 3. The highest BCUT2D eigenvalue weighted by atomic mass is 35.5. The van der Waals surface area contributed by atoms with Crippen molar-refractivity contribution in [2.75, 3.05) is 18.0 Å². The van der Waals surface area contributed by atoms with Crippen molar-refractivity contribution in [3.05, 3.63) is 82.0 Å². The van der Waals surface area contributed by atoms with E-state index in [0.29, 0.717) is 11.6 Å². The molecule has 1 fully saturated rings. The molecule has 180 valence electrons. The Bertz CT molecular complexity index is 1370. The molecule has 0 saturated carbocycles. The number of fused-ring (bicyclic) bond motifs is 1. The van der Waals surface area contributed by atoms with Gasteiger partial charge in [0.15, 0.2) is 5.65 Å². The lowest BCUT2D eigenvalue weighted by molar-refractivity contribution is -0.125. The average Bonchev–Trinajstić information content (AvgIpc) is 3.26. The lowest BCUT2D eigenvalue weighted by atomic mass is 9.95. The minimum absolute atomic E-state index is 0.00406. The van der Waals surface area contributed by atoms with Gasteiger partial charge in [0.25, 0.3) is 0 Å². The number of anilines is 1. The summed E-state index contributed by atoms with van der Waals surface area (Å²) in [5.41, 5.74) is 7.20. The molecule has 0 radical (unpaired) electrons. The van der Waals surface area contributed by atoms with E-state index in [4.69, 9.17) is 21.7 Å². The molecule has 4 aromatic rings. The first-order valence-electron chi connectivity index (χ1n) is 12.1. The van der Waals surface area contributed by atoms with Gasteiger partial charge < -0.3 is 10.2 Å². The molecule has 0 unspecified atom stereocenters. The van der Waals surface area contributed by atoms with Crippen LogP contribution in [0, 0.1) is 26.7 Å². The molecule has 3 heterocycles. The molecule has 0 spiro atoms. The van der Waals surface area contributed by atoms with Gasteiger partial charge in [-0.15, -0.1) is 0 Å². The van der Waals surface area contributed by atoms with Crippen LogP contribution in [0.25, 0.3) is 16.9 Å². The fourth-order valence-corrected chi connectivity index (χ4v) is 5.11. The van der Waals surface area contributed by atoms with Crippen molar-refractivity contribution in [3.63, 3.8) is 0 Å². The van der Waals surface area contributed by atoms with Crippen molar-refractivity contribution in [1.82, 2.24) is 19.9 Å². The third-order valence-electron chi connectivity index (χ3n) is 6.65. The van der Waals surface area contributed by atoms with Crippen LogP contribution in [0.4, 0.5) is 5.82 Å². The molecule has 1 saturated heterocycles. The van der Waals surface area contributed by atoms with E-state index in [2.05, 4.69) is 54.4 Å². The molecule has 2 aromatic carbocycles. The topological polar surface area (TPSA) is 62.5 Å². The van der Waals surface area contributed by atoms with E-state index in [1.54, 1.807) is 0 Å². The third kappa shape index (κ3) is 5.03. The van der Waals surface area contributed by atoms with Gasteiger partial charge in [-0.25, -0.2) is 4.98 Å². The van der Waals surface area contributed by atoms with E-state index in [-0.39, 0.29) is 11.8 Å². The Morgan fingerprint density at radius 2 is 1.74 bits per heavy atom. The van der Waals surface area contributed by atoms with Gasteiger partial charge in [0.2, 0.25) is 5.91 Å². The molecule has 0 atom stereocenters. The Balaban J connectivity index is 1.31. The molecular weight excluding hydrogens is 458 g/mol. The summed E-state index contributed by atoms with van der Waals surface area (Å²) in [5, 5.41) is 8.67. The van der Waals surface area contributed by atoms with Crippen molar-refractivity contribution in [2.24, 2.45) is 5.92 Å². The quantitative estimate of drug-likeness (QED) is 0.403. The minimum atomic E-state index is -0.00406. The summed E-state index contributed by atoms with van der Waals surface area (Å²) in [6.45, 7) is 8.27. The van der Waals surface area contributed by atoms with Crippen LogP contribution in [0.1, 0.15) is 35.2 Å². The number of halogens is 1. The van der Waals surface area contributed by atoms with E-state index in [1.165, 1.54) is 11.1 Å². The zero-order chi connectivity index (χ0) is 24.5. The maximum atomic E-state index is 12.8. The number of benzene rings is 2. The highest BCUT2D eigenvalue weighted by Crippen LogP contribution is 2.28. The molecule has 1 aliphatic rings. The normalized spacial score (nSPS) is 14.5. The summed E-state index contributed by atoms with van der Waals surface area (Å²) in [5.74, 6) is 1.12. The molecule has 7 heteroatoms. The molecule has 1 N–H and O–H groups in total. The monoisotopic (exact) mass is 487 g/mol. The van der Waals surface area contributed by atoms with Crippen LogP contribution >= 0.6 is 11.6 Å². The maximum Gasteiger partial charge on any atom is 0.223 e. The van der Waals surface area contributed by atoms with Crippen molar-refractivity contribution in [2.45, 2.75) is 40.2 Å². The lowest BCUT2D eigenvalue weighted by Gasteiger charge is -2.33. The number of nitrogens with one attached hydrogen (secondary N) is 1. The summed E-state index contributed by atoms with van der Waals surface area (Å²) in [4.78, 5) is 19.8. The van der Waals surface area contributed by atoms with Gasteiger partial charge >= 0.3 is 0 Å². The number of nitrogens with zero attached hydrogens (tertiary/aromatic N) is 4. The van der Waals surface area contributed by atoms with Crippen LogP contribution in [0.2, 0.25) is 5.02 Å². The molecule has 1 amide bonds. The van der Waals surface area contributed by atoms with E-state index < -0.39 is 0 Å². The van der Waals surface area contributed by atoms with Crippen LogP contribution in [-0.4, -0.2) is 33.6 Å². The first-order valence-corrected chi connectivity index (χ1v) is 12.5. The molecule has 6 nitrogen and oxygen atoms in total. The summed E-state index contributed by atoms with van der Waals surface area (Å²) >= 11 is 6.23. The van der Waals surface area contributed by atoms with Gasteiger partial charge in [0.05, 0.1) is 5.69 Å². The highest BCUT2D eigenvalue weighted by molar-refractivity contribution is 6.31. The van der Waals surface area contributed by atoms with Gasteiger partial charge in [-0.1, -0.05) is 47.0 Å². The number of piperidine rings is 1. The second kappa shape index (κ2) is 9.70. The summed E-state index contributed by atoms with van der Waals surface area (Å²) in [6.07, 6.45) is 1.59. The van der Waals surface area contributed by atoms with Gasteiger partial charge in [-0.2, -0.15) is 9.61 Å². The summed E-state index contributed by atoms with van der Waals surface area (Å²) in [6, 6.07) is 18.3. The number of carbonyl (C=O) groups is 1. The van der Waals surface area contributed by atoms with E-state index >= 15 is 0 Å². The second-order valence-corrected chi connectivity index (χ2v) is 9.91. The average molecular weight is 488 g/mol. The molecule has 0 bridgehead atoms. The predicted molar refractivity (Wildman–Crippen MR) is 141 cm³/mol. The Hall–Kier alpha value is -3.38. The molecule has 0 aliphatic carbocycles. The summed E-state index contributed by atoms with van der Waals surface area (Å²) < 4.78 is 1.94. The van der Waals surface area contributed by atoms with Gasteiger partial charge in [-0.3, -0.25) is 4.79 Å². The number of rotatable bonds is 5. The second-order valence-electron chi connectivity index (χ2n) is 9.50. The van der Waals surface area contributed by atoms with Crippen LogP contribution in [0.3, 0.4) is 0 Å². The van der Waals surface area contributed by atoms with E-state index in [1.807, 2.05) is 35.7 Å². The molecule has 1 aliphatic heterocycles.